The first-order valence-electron chi connectivity index (χ1n) is 6.92. The first kappa shape index (κ1) is 16.4. The molecular weight excluding hydrogens is 259 g/mol. The molecule has 0 radical (unpaired) electrons. The van der Waals surface area contributed by atoms with Gasteiger partial charge in [-0.05, 0) is 31.9 Å². The summed E-state index contributed by atoms with van der Waals surface area (Å²) in [6.07, 6.45) is 1.58. The maximum absolute atomic E-state index is 13.8. The van der Waals surface area contributed by atoms with Crippen LogP contribution >= 0.6 is 0 Å². The van der Waals surface area contributed by atoms with Crippen LogP contribution in [-0.4, -0.2) is 32.2 Å². The summed E-state index contributed by atoms with van der Waals surface area (Å²) in [5, 5.41) is 5.82. The van der Waals surface area contributed by atoms with Gasteiger partial charge in [-0.1, -0.05) is 13.0 Å². The fraction of sp³-hybridized carbons (Fsp3) is 0.533. The third-order valence-electron chi connectivity index (χ3n) is 2.94. The number of benzene rings is 1. The minimum atomic E-state index is -0.407. The van der Waals surface area contributed by atoms with Gasteiger partial charge >= 0.3 is 0 Å². The van der Waals surface area contributed by atoms with Crippen LogP contribution < -0.4 is 10.6 Å². The van der Waals surface area contributed by atoms with Crippen molar-refractivity contribution in [2.75, 3.05) is 25.6 Å². The van der Waals surface area contributed by atoms with Gasteiger partial charge in [-0.2, -0.15) is 0 Å². The Morgan fingerprint density at radius 3 is 2.85 bits per heavy atom. The van der Waals surface area contributed by atoms with Crippen molar-refractivity contribution in [3.8, 4) is 0 Å². The fourth-order valence-corrected chi connectivity index (χ4v) is 1.81. The number of rotatable bonds is 8. The van der Waals surface area contributed by atoms with Crippen LogP contribution in [0.2, 0.25) is 0 Å². The third-order valence-corrected chi connectivity index (χ3v) is 2.94. The first-order valence-corrected chi connectivity index (χ1v) is 6.92. The lowest BCUT2D eigenvalue weighted by molar-refractivity contribution is 0.0930. The van der Waals surface area contributed by atoms with E-state index < -0.39 is 5.82 Å². The number of halogens is 1. The summed E-state index contributed by atoms with van der Waals surface area (Å²) in [6, 6.07) is 4.49. The largest absolute Gasteiger partial charge is 0.385 e. The molecule has 4 nitrogen and oxygen atoms in total. The molecule has 0 aromatic heterocycles. The van der Waals surface area contributed by atoms with Gasteiger partial charge in [0.05, 0.1) is 11.3 Å². The van der Waals surface area contributed by atoms with Crippen molar-refractivity contribution in [3.63, 3.8) is 0 Å². The molecule has 1 aromatic rings. The quantitative estimate of drug-likeness (QED) is 0.771. The molecule has 0 heterocycles. The summed E-state index contributed by atoms with van der Waals surface area (Å²) < 4.78 is 18.8. The van der Waals surface area contributed by atoms with Gasteiger partial charge in [0, 0.05) is 26.3 Å². The predicted molar refractivity (Wildman–Crippen MR) is 78.6 cm³/mol. The number of nitrogens with one attached hydrogen (secondary N) is 2. The number of carbonyl (C=O) groups excluding carboxylic acids is 1. The van der Waals surface area contributed by atoms with Crippen molar-refractivity contribution in [2.45, 2.75) is 32.7 Å². The fourth-order valence-electron chi connectivity index (χ4n) is 1.81. The lowest BCUT2D eigenvalue weighted by Gasteiger charge is -2.16. The summed E-state index contributed by atoms with van der Waals surface area (Å²) in [6.45, 7) is 5.09. The molecule has 0 spiro atoms. The van der Waals surface area contributed by atoms with Gasteiger partial charge < -0.3 is 15.4 Å². The highest BCUT2D eigenvalue weighted by atomic mass is 19.1. The number of methoxy groups -OCH3 is 1. The maximum atomic E-state index is 13.8. The third kappa shape index (κ3) is 4.81. The van der Waals surface area contributed by atoms with Crippen molar-refractivity contribution in [1.82, 2.24) is 5.32 Å². The van der Waals surface area contributed by atoms with E-state index in [1.54, 1.807) is 19.2 Å². The zero-order valence-electron chi connectivity index (χ0n) is 12.3. The summed E-state index contributed by atoms with van der Waals surface area (Å²) in [4.78, 5) is 12.2. The van der Waals surface area contributed by atoms with Crippen LogP contribution in [0.25, 0.3) is 0 Å². The van der Waals surface area contributed by atoms with E-state index in [-0.39, 0.29) is 17.6 Å². The van der Waals surface area contributed by atoms with Crippen molar-refractivity contribution >= 4 is 11.6 Å². The molecular formula is C15H23FN2O2. The smallest absolute Gasteiger partial charge is 0.253 e. The van der Waals surface area contributed by atoms with Crippen LogP contribution in [0, 0.1) is 5.82 Å². The Morgan fingerprint density at radius 2 is 2.20 bits per heavy atom. The van der Waals surface area contributed by atoms with E-state index in [4.69, 9.17) is 4.74 Å². The number of hydrogen-bond donors (Lipinski definition) is 2. The zero-order valence-corrected chi connectivity index (χ0v) is 12.3. The highest BCUT2D eigenvalue weighted by Gasteiger charge is 2.16. The van der Waals surface area contributed by atoms with Crippen molar-refractivity contribution in [3.05, 3.63) is 29.6 Å². The molecule has 1 atom stereocenters. The molecule has 1 unspecified atom stereocenters. The lowest BCUT2D eigenvalue weighted by Crippen LogP contribution is -2.34. The average molecular weight is 282 g/mol. The van der Waals surface area contributed by atoms with E-state index in [2.05, 4.69) is 10.6 Å². The summed E-state index contributed by atoms with van der Waals surface area (Å²) in [5.41, 5.74) is 0.605. The van der Waals surface area contributed by atoms with Gasteiger partial charge in [0.25, 0.3) is 5.91 Å². The number of hydrogen-bond acceptors (Lipinski definition) is 3. The van der Waals surface area contributed by atoms with Crippen LogP contribution in [0.5, 0.6) is 0 Å². The van der Waals surface area contributed by atoms with Gasteiger partial charge in [-0.15, -0.1) is 0 Å². The normalized spacial score (nSPS) is 12.0. The lowest BCUT2D eigenvalue weighted by atomic mass is 10.1. The highest BCUT2D eigenvalue weighted by molar-refractivity contribution is 5.99. The SMILES string of the molecule is CCCNc1c(F)cccc1C(=O)NC(C)CCOC. The molecule has 0 aliphatic rings. The molecule has 0 saturated carbocycles. The number of anilines is 1. The Hall–Kier alpha value is -1.62. The standard InChI is InChI=1S/C15H23FN2O2/c1-4-9-17-14-12(6-5-7-13(14)16)15(19)18-11(2)8-10-20-3/h5-7,11,17H,4,8-10H2,1-3H3,(H,18,19). The molecule has 0 fully saturated rings. The van der Waals surface area contributed by atoms with Gasteiger partial charge in [0.2, 0.25) is 0 Å². The molecule has 20 heavy (non-hydrogen) atoms. The van der Waals surface area contributed by atoms with Gasteiger partial charge in [0.1, 0.15) is 5.82 Å². The molecule has 1 amide bonds. The van der Waals surface area contributed by atoms with Crippen LogP contribution in [0.4, 0.5) is 10.1 Å². The molecule has 0 saturated heterocycles. The Bertz CT molecular complexity index is 438. The van der Waals surface area contributed by atoms with Crippen LogP contribution in [0.15, 0.2) is 18.2 Å². The summed E-state index contributed by atoms with van der Waals surface area (Å²) in [5.74, 6) is -0.678. The second-order valence-electron chi connectivity index (χ2n) is 4.75. The van der Waals surface area contributed by atoms with E-state index in [0.717, 1.165) is 12.8 Å². The highest BCUT2D eigenvalue weighted by Crippen LogP contribution is 2.20. The first-order chi connectivity index (χ1) is 9.60. The Balaban J connectivity index is 2.78. The Labute approximate surface area is 119 Å². The minimum absolute atomic E-state index is 0.0234. The molecule has 0 aliphatic heterocycles. The maximum Gasteiger partial charge on any atom is 0.253 e. The van der Waals surface area contributed by atoms with Crippen molar-refractivity contribution in [2.24, 2.45) is 0 Å². The molecule has 2 N–H and O–H groups in total. The summed E-state index contributed by atoms with van der Waals surface area (Å²) in [7, 11) is 1.62. The van der Waals surface area contributed by atoms with Gasteiger partial charge in [-0.25, -0.2) is 4.39 Å². The molecule has 1 rings (SSSR count). The average Bonchev–Trinajstić information content (AvgIpc) is 2.43. The number of ether oxygens (including phenoxy) is 1. The number of para-hydroxylation sites is 1. The van der Waals surface area contributed by atoms with Crippen LogP contribution in [0.1, 0.15) is 37.0 Å². The van der Waals surface area contributed by atoms with Crippen molar-refractivity contribution in [1.29, 1.82) is 0 Å². The number of amides is 1. The molecule has 0 aliphatic carbocycles. The topological polar surface area (TPSA) is 50.4 Å². The van der Waals surface area contributed by atoms with E-state index >= 15 is 0 Å². The Kier molecular flexibility index (Phi) is 7.01. The zero-order chi connectivity index (χ0) is 15.0. The van der Waals surface area contributed by atoms with Crippen LogP contribution in [0.3, 0.4) is 0 Å². The van der Waals surface area contributed by atoms with Crippen molar-refractivity contribution < 1.29 is 13.9 Å². The molecule has 1 aromatic carbocycles. The second-order valence-corrected chi connectivity index (χ2v) is 4.75. The monoisotopic (exact) mass is 282 g/mol. The van der Waals surface area contributed by atoms with E-state index in [1.807, 2.05) is 13.8 Å². The summed E-state index contributed by atoms with van der Waals surface area (Å²) >= 11 is 0. The second kappa shape index (κ2) is 8.53. The van der Waals surface area contributed by atoms with E-state index in [0.29, 0.717) is 18.7 Å². The molecule has 5 heteroatoms. The molecule has 0 bridgehead atoms. The Morgan fingerprint density at radius 1 is 1.45 bits per heavy atom. The number of carbonyl (C=O) groups is 1. The predicted octanol–water partition coefficient (Wildman–Crippen LogP) is 2.80. The van der Waals surface area contributed by atoms with Crippen LogP contribution in [-0.2, 0) is 4.74 Å². The van der Waals surface area contributed by atoms with E-state index in [9.17, 15) is 9.18 Å². The minimum Gasteiger partial charge on any atom is -0.385 e. The van der Waals surface area contributed by atoms with E-state index in [1.165, 1.54) is 6.07 Å². The molecule has 112 valence electrons. The van der Waals surface area contributed by atoms with Gasteiger partial charge in [-0.3, -0.25) is 4.79 Å². The van der Waals surface area contributed by atoms with Gasteiger partial charge in [0.15, 0.2) is 0 Å².